The van der Waals surface area contributed by atoms with Crippen LogP contribution >= 0.6 is 0 Å². The predicted molar refractivity (Wildman–Crippen MR) is 122 cm³/mol. The summed E-state index contributed by atoms with van der Waals surface area (Å²) in [6.45, 7) is 2.23. The summed E-state index contributed by atoms with van der Waals surface area (Å²) in [5.74, 6) is 0.417. The largest absolute Gasteiger partial charge is 0.338 e. The number of aromatic nitrogens is 6. The number of fused-ring (bicyclic) bond motifs is 3. The van der Waals surface area contributed by atoms with Crippen molar-refractivity contribution in [2.45, 2.75) is 32.4 Å². The molecule has 0 fully saturated rings. The smallest absolute Gasteiger partial charge is 0.275 e. The van der Waals surface area contributed by atoms with Crippen LogP contribution in [0.4, 0.5) is 0 Å². The molecule has 34 heavy (non-hydrogen) atoms. The fraction of sp³-hybridized carbons (Fsp3) is 0.333. The van der Waals surface area contributed by atoms with Crippen LogP contribution in [0.5, 0.6) is 0 Å². The standard InChI is InChI=1S/C24H24N8O2/c1-29-20-7-9-30(21(33)10-16-11-25-24-26-15-27-32(24)12-16)14-19(20)22(28-29)23(34)31-8-6-17-4-2-3-5-18(17)13-31/h2-5,11-12,15H,6-10,13-14H2,1H3. The lowest BCUT2D eigenvalue weighted by Crippen LogP contribution is -2.39. The average molecular weight is 457 g/mol. The SMILES string of the molecule is Cn1nc(C(=O)N2CCc3ccccc3C2)c2c1CCN(C(=O)Cc1cnc3ncnn3c1)C2. The maximum atomic E-state index is 13.5. The Morgan fingerprint density at radius 2 is 1.82 bits per heavy atom. The number of benzene rings is 1. The number of rotatable bonds is 3. The van der Waals surface area contributed by atoms with E-state index in [2.05, 4.69) is 32.3 Å². The molecule has 1 aromatic carbocycles. The number of amides is 2. The molecule has 3 aromatic heterocycles. The summed E-state index contributed by atoms with van der Waals surface area (Å²) < 4.78 is 3.36. The van der Waals surface area contributed by atoms with Gasteiger partial charge in [0, 0.05) is 63.3 Å². The van der Waals surface area contributed by atoms with Gasteiger partial charge >= 0.3 is 0 Å². The second-order valence-electron chi connectivity index (χ2n) is 8.85. The second kappa shape index (κ2) is 8.05. The van der Waals surface area contributed by atoms with Crippen molar-refractivity contribution in [3.05, 3.63) is 76.6 Å². The van der Waals surface area contributed by atoms with Gasteiger partial charge < -0.3 is 9.80 Å². The summed E-state index contributed by atoms with van der Waals surface area (Å²) in [5, 5.41) is 8.67. The molecule has 2 aliphatic heterocycles. The minimum atomic E-state index is -0.0681. The molecule has 0 aliphatic carbocycles. The van der Waals surface area contributed by atoms with Crippen molar-refractivity contribution < 1.29 is 9.59 Å². The molecule has 2 amide bonds. The van der Waals surface area contributed by atoms with Crippen molar-refractivity contribution >= 4 is 17.6 Å². The van der Waals surface area contributed by atoms with Gasteiger partial charge in [-0.25, -0.2) is 9.50 Å². The van der Waals surface area contributed by atoms with E-state index in [0.717, 1.165) is 23.2 Å². The third-order valence-corrected chi connectivity index (χ3v) is 6.76. The van der Waals surface area contributed by atoms with Crippen molar-refractivity contribution in [3.8, 4) is 0 Å². The van der Waals surface area contributed by atoms with Gasteiger partial charge in [0.25, 0.3) is 11.7 Å². The average Bonchev–Trinajstić information content (AvgIpc) is 3.47. The first-order valence-electron chi connectivity index (χ1n) is 11.4. The summed E-state index contributed by atoms with van der Waals surface area (Å²) in [4.78, 5) is 38.5. The summed E-state index contributed by atoms with van der Waals surface area (Å²) in [6.07, 6.45) is 6.58. The van der Waals surface area contributed by atoms with Crippen LogP contribution in [-0.2, 0) is 44.2 Å². The summed E-state index contributed by atoms with van der Waals surface area (Å²) in [5.41, 5.74) is 5.58. The molecule has 5 heterocycles. The third kappa shape index (κ3) is 3.51. The molecular formula is C24H24N8O2. The molecule has 0 spiro atoms. The summed E-state index contributed by atoms with van der Waals surface area (Å²) in [7, 11) is 1.87. The lowest BCUT2D eigenvalue weighted by molar-refractivity contribution is -0.131. The van der Waals surface area contributed by atoms with E-state index in [0.29, 0.717) is 44.1 Å². The van der Waals surface area contributed by atoms with Gasteiger partial charge in [-0.2, -0.15) is 15.2 Å². The maximum Gasteiger partial charge on any atom is 0.275 e. The monoisotopic (exact) mass is 456 g/mol. The molecule has 0 saturated carbocycles. The van der Waals surface area contributed by atoms with Gasteiger partial charge in [-0.05, 0) is 23.1 Å². The van der Waals surface area contributed by atoms with Crippen molar-refractivity contribution in [3.63, 3.8) is 0 Å². The normalized spacial score (nSPS) is 15.3. The molecule has 2 aliphatic rings. The van der Waals surface area contributed by atoms with Gasteiger partial charge in [0.1, 0.15) is 6.33 Å². The number of nitrogens with zero attached hydrogens (tertiary/aromatic N) is 8. The number of carbonyl (C=O) groups is 2. The highest BCUT2D eigenvalue weighted by Crippen LogP contribution is 2.26. The molecule has 0 bridgehead atoms. The van der Waals surface area contributed by atoms with Crippen LogP contribution in [0.25, 0.3) is 5.78 Å². The van der Waals surface area contributed by atoms with Crippen LogP contribution in [-0.4, -0.2) is 64.1 Å². The zero-order chi connectivity index (χ0) is 23.2. The Hall–Kier alpha value is -4.08. The predicted octanol–water partition coefficient (Wildman–Crippen LogP) is 1.18. The zero-order valence-electron chi connectivity index (χ0n) is 18.9. The Morgan fingerprint density at radius 1 is 1.00 bits per heavy atom. The van der Waals surface area contributed by atoms with Crippen molar-refractivity contribution in [1.82, 2.24) is 39.2 Å². The molecule has 0 unspecified atom stereocenters. The fourth-order valence-corrected chi connectivity index (χ4v) is 4.93. The molecule has 6 rings (SSSR count). The van der Waals surface area contributed by atoms with Crippen molar-refractivity contribution in [2.75, 3.05) is 13.1 Å². The van der Waals surface area contributed by atoms with Crippen molar-refractivity contribution in [2.24, 2.45) is 7.05 Å². The first kappa shape index (κ1) is 20.5. The highest BCUT2D eigenvalue weighted by atomic mass is 16.2. The van der Waals surface area contributed by atoms with E-state index in [4.69, 9.17) is 0 Å². The van der Waals surface area contributed by atoms with E-state index in [-0.39, 0.29) is 18.2 Å². The van der Waals surface area contributed by atoms with E-state index < -0.39 is 0 Å². The number of hydrogen-bond acceptors (Lipinski definition) is 6. The van der Waals surface area contributed by atoms with Crippen LogP contribution < -0.4 is 0 Å². The van der Waals surface area contributed by atoms with Crippen LogP contribution in [0.2, 0.25) is 0 Å². The van der Waals surface area contributed by atoms with Gasteiger partial charge in [-0.3, -0.25) is 14.3 Å². The minimum absolute atomic E-state index is 0.0129. The first-order valence-corrected chi connectivity index (χ1v) is 11.4. The Balaban J connectivity index is 1.21. The van der Waals surface area contributed by atoms with Crippen LogP contribution in [0.1, 0.15) is 38.4 Å². The Morgan fingerprint density at radius 3 is 2.71 bits per heavy atom. The molecule has 10 nitrogen and oxygen atoms in total. The topological polar surface area (TPSA) is 102 Å². The van der Waals surface area contributed by atoms with Gasteiger partial charge in [0.15, 0.2) is 5.69 Å². The summed E-state index contributed by atoms with van der Waals surface area (Å²) in [6, 6.07) is 8.25. The molecule has 4 aromatic rings. The second-order valence-corrected chi connectivity index (χ2v) is 8.85. The highest BCUT2D eigenvalue weighted by molar-refractivity contribution is 5.94. The molecule has 0 saturated heterocycles. The third-order valence-electron chi connectivity index (χ3n) is 6.76. The van der Waals surface area contributed by atoms with Gasteiger partial charge in [0.2, 0.25) is 5.91 Å². The van der Waals surface area contributed by atoms with E-state index in [1.165, 1.54) is 17.5 Å². The van der Waals surface area contributed by atoms with E-state index in [1.54, 1.807) is 26.5 Å². The zero-order valence-corrected chi connectivity index (χ0v) is 18.9. The van der Waals surface area contributed by atoms with E-state index in [1.807, 2.05) is 24.1 Å². The number of aryl methyl sites for hydroxylation is 1. The van der Waals surface area contributed by atoms with Crippen LogP contribution in [0.15, 0.2) is 43.0 Å². The molecular weight excluding hydrogens is 432 g/mol. The molecule has 0 N–H and O–H groups in total. The Bertz CT molecular complexity index is 1420. The van der Waals surface area contributed by atoms with Crippen LogP contribution in [0, 0.1) is 0 Å². The van der Waals surface area contributed by atoms with E-state index >= 15 is 0 Å². The molecule has 10 heteroatoms. The minimum Gasteiger partial charge on any atom is -0.338 e. The molecule has 172 valence electrons. The first-order chi connectivity index (χ1) is 16.6. The summed E-state index contributed by atoms with van der Waals surface area (Å²) >= 11 is 0. The number of carbonyl (C=O) groups excluding carboxylic acids is 2. The van der Waals surface area contributed by atoms with E-state index in [9.17, 15) is 9.59 Å². The quantitative estimate of drug-likeness (QED) is 0.459. The van der Waals surface area contributed by atoms with Crippen LogP contribution in [0.3, 0.4) is 0 Å². The number of hydrogen-bond donors (Lipinski definition) is 0. The lowest BCUT2D eigenvalue weighted by Gasteiger charge is -2.30. The fourth-order valence-electron chi connectivity index (χ4n) is 4.93. The Labute approximate surface area is 195 Å². The van der Waals surface area contributed by atoms with Gasteiger partial charge in [-0.15, -0.1) is 0 Å². The molecule has 0 atom stereocenters. The van der Waals surface area contributed by atoms with Crippen molar-refractivity contribution in [1.29, 1.82) is 0 Å². The molecule has 0 radical (unpaired) electrons. The lowest BCUT2D eigenvalue weighted by atomic mass is 9.99. The maximum absolute atomic E-state index is 13.5. The highest BCUT2D eigenvalue weighted by Gasteiger charge is 2.32. The van der Waals surface area contributed by atoms with Gasteiger partial charge in [0.05, 0.1) is 6.42 Å². The van der Waals surface area contributed by atoms with Gasteiger partial charge in [-0.1, -0.05) is 24.3 Å². The Kier molecular flexibility index (Phi) is 4.86.